The third kappa shape index (κ3) is 3.67. The van der Waals surface area contributed by atoms with Crippen LogP contribution in [0.3, 0.4) is 0 Å². The second kappa shape index (κ2) is 4.62. The zero-order chi connectivity index (χ0) is 12.4. The maximum Gasteiger partial charge on any atom is 0.410 e. The van der Waals surface area contributed by atoms with Gasteiger partial charge in [0.05, 0.1) is 0 Å². The van der Waals surface area contributed by atoms with E-state index in [9.17, 15) is 4.79 Å². The van der Waals surface area contributed by atoms with Crippen molar-refractivity contribution in [1.82, 2.24) is 4.90 Å². The van der Waals surface area contributed by atoms with Crippen molar-refractivity contribution in [3.63, 3.8) is 0 Å². The van der Waals surface area contributed by atoms with E-state index in [0.29, 0.717) is 6.54 Å². The number of amides is 1. The van der Waals surface area contributed by atoms with E-state index in [4.69, 9.17) is 10.5 Å². The Bertz CT molecular complexity index is 260. The summed E-state index contributed by atoms with van der Waals surface area (Å²) in [7, 11) is 0. The molecular weight excluding hydrogens is 204 g/mol. The zero-order valence-corrected chi connectivity index (χ0v) is 10.9. The summed E-state index contributed by atoms with van der Waals surface area (Å²) in [6, 6.07) is 0. The van der Waals surface area contributed by atoms with Crippen LogP contribution in [-0.4, -0.2) is 35.2 Å². The van der Waals surface area contributed by atoms with Crippen LogP contribution >= 0.6 is 0 Å². The van der Waals surface area contributed by atoms with Crippen molar-refractivity contribution in [2.45, 2.75) is 58.1 Å². The molecule has 0 bridgehead atoms. The number of nitrogens with zero attached hydrogens (tertiary/aromatic N) is 1. The molecule has 1 rings (SSSR count). The van der Waals surface area contributed by atoms with Crippen LogP contribution in [0.2, 0.25) is 0 Å². The summed E-state index contributed by atoms with van der Waals surface area (Å²) >= 11 is 0. The van der Waals surface area contributed by atoms with Crippen LogP contribution in [0.1, 0.15) is 47.0 Å². The fraction of sp³-hybridized carbons (Fsp3) is 0.917. The Balaban J connectivity index is 2.57. The number of hydrogen-bond acceptors (Lipinski definition) is 3. The van der Waals surface area contributed by atoms with Crippen LogP contribution in [0, 0.1) is 0 Å². The number of likely N-dealkylation sites (tertiary alicyclic amines) is 1. The lowest BCUT2D eigenvalue weighted by Crippen LogP contribution is -2.56. The number of carbonyl (C=O) groups excluding carboxylic acids is 1. The molecule has 2 N–H and O–H groups in total. The molecular formula is C12H24N2O2. The number of piperidine rings is 1. The number of rotatable bonds is 1. The lowest BCUT2D eigenvalue weighted by Gasteiger charge is -2.40. The fourth-order valence-electron chi connectivity index (χ4n) is 1.93. The standard InChI is InChI=1S/C12H24N2O2/c1-5-12(13)7-6-8-14(9-12)10(15)16-11(2,3)4/h5-9,13H2,1-4H3/t12-/m0/s1. The van der Waals surface area contributed by atoms with Gasteiger partial charge in [0.25, 0.3) is 0 Å². The molecule has 0 saturated carbocycles. The average Bonchev–Trinajstić information content (AvgIpc) is 2.15. The van der Waals surface area contributed by atoms with E-state index < -0.39 is 5.60 Å². The highest BCUT2D eigenvalue weighted by Crippen LogP contribution is 2.23. The zero-order valence-electron chi connectivity index (χ0n) is 10.9. The molecule has 4 nitrogen and oxygen atoms in total. The summed E-state index contributed by atoms with van der Waals surface area (Å²) in [5.74, 6) is 0. The first kappa shape index (κ1) is 13.3. The molecule has 0 unspecified atom stereocenters. The monoisotopic (exact) mass is 228 g/mol. The van der Waals surface area contributed by atoms with E-state index in [2.05, 4.69) is 6.92 Å². The van der Waals surface area contributed by atoms with Crippen LogP contribution in [0.5, 0.6) is 0 Å². The van der Waals surface area contributed by atoms with Gasteiger partial charge in [0.1, 0.15) is 5.60 Å². The predicted molar refractivity (Wildman–Crippen MR) is 64.3 cm³/mol. The van der Waals surface area contributed by atoms with Gasteiger partial charge in [-0.1, -0.05) is 6.92 Å². The van der Waals surface area contributed by atoms with Crippen LogP contribution in [0.15, 0.2) is 0 Å². The molecule has 0 aliphatic carbocycles. The van der Waals surface area contributed by atoms with E-state index in [1.165, 1.54) is 0 Å². The predicted octanol–water partition coefficient (Wildman–Crippen LogP) is 2.12. The van der Waals surface area contributed by atoms with Gasteiger partial charge < -0.3 is 15.4 Å². The van der Waals surface area contributed by atoms with Crippen LogP contribution < -0.4 is 5.73 Å². The molecule has 1 heterocycles. The summed E-state index contributed by atoms with van der Waals surface area (Å²) in [5.41, 5.74) is 5.54. The molecule has 0 aromatic rings. The number of ether oxygens (including phenoxy) is 1. The third-order valence-corrected chi connectivity index (χ3v) is 2.96. The molecule has 1 aliphatic rings. The quantitative estimate of drug-likeness (QED) is 0.748. The number of hydrogen-bond donors (Lipinski definition) is 1. The molecule has 94 valence electrons. The molecule has 1 aliphatic heterocycles. The van der Waals surface area contributed by atoms with Gasteiger partial charge in [-0.3, -0.25) is 0 Å². The van der Waals surface area contributed by atoms with Crippen molar-refractivity contribution in [2.75, 3.05) is 13.1 Å². The van der Waals surface area contributed by atoms with Crippen LogP contribution in [-0.2, 0) is 4.74 Å². The van der Waals surface area contributed by atoms with Gasteiger partial charge >= 0.3 is 6.09 Å². The minimum atomic E-state index is -0.433. The van der Waals surface area contributed by atoms with Gasteiger partial charge in [0.15, 0.2) is 0 Å². The lowest BCUT2D eigenvalue weighted by atomic mass is 9.88. The average molecular weight is 228 g/mol. The molecule has 0 aromatic heterocycles. The van der Waals surface area contributed by atoms with Gasteiger partial charge in [0.2, 0.25) is 0 Å². The Morgan fingerprint density at radius 3 is 2.62 bits per heavy atom. The summed E-state index contributed by atoms with van der Waals surface area (Å²) < 4.78 is 5.35. The molecule has 1 saturated heterocycles. The first-order valence-electron chi connectivity index (χ1n) is 6.02. The maximum absolute atomic E-state index is 11.9. The first-order valence-corrected chi connectivity index (χ1v) is 6.02. The number of carbonyl (C=O) groups is 1. The molecule has 4 heteroatoms. The van der Waals surface area contributed by atoms with Gasteiger partial charge in [0, 0.05) is 18.6 Å². The molecule has 0 aromatic carbocycles. The van der Waals surface area contributed by atoms with E-state index in [1.54, 1.807) is 4.90 Å². The van der Waals surface area contributed by atoms with E-state index in [1.807, 2.05) is 20.8 Å². The Hall–Kier alpha value is -0.770. The van der Waals surface area contributed by atoms with Gasteiger partial charge in [-0.25, -0.2) is 4.79 Å². The highest BCUT2D eigenvalue weighted by atomic mass is 16.6. The summed E-state index contributed by atoms with van der Waals surface area (Å²) in [6.07, 6.45) is 2.61. The Kier molecular flexibility index (Phi) is 3.84. The third-order valence-electron chi connectivity index (χ3n) is 2.96. The summed E-state index contributed by atoms with van der Waals surface area (Å²) in [4.78, 5) is 13.6. The minimum absolute atomic E-state index is 0.227. The Labute approximate surface area is 98.1 Å². The van der Waals surface area contributed by atoms with Crippen molar-refractivity contribution >= 4 is 6.09 Å². The van der Waals surface area contributed by atoms with Crippen molar-refractivity contribution in [3.05, 3.63) is 0 Å². The minimum Gasteiger partial charge on any atom is -0.444 e. The van der Waals surface area contributed by atoms with Crippen molar-refractivity contribution < 1.29 is 9.53 Å². The lowest BCUT2D eigenvalue weighted by molar-refractivity contribution is 0.0137. The molecule has 0 spiro atoms. The second-order valence-electron chi connectivity index (χ2n) is 5.72. The van der Waals surface area contributed by atoms with Crippen molar-refractivity contribution in [3.8, 4) is 0 Å². The Morgan fingerprint density at radius 1 is 1.50 bits per heavy atom. The molecule has 1 fully saturated rings. The smallest absolute Gasteiger partial charge is 0.410 e. The summed E-state index contributed by atoms with van der Waals surface area (Å²) in [6.45, 7) is 9.07. The van der Waals surface area contributed by atoms with Gasteiger partial charge in [-0.05, 0) is 40.0 Å². The first-order chi connectivity index (χ1) is 7.26. The Morgan fingerprint density at radius 2 is 2.12 bits per heavy atom. The molecule has 16 heavy (non-hydrogen) atoms. The van der Waals surface area contributed by atoms with Gasteiger partial charge in [-0.2, -0.15) is 0 Å². The second-order valence-corrected chi connectivity index (χ2v) is 5.72. The molecule has 0 radical (unpaired) electrons. The fourth-order valence-corrected chi connectivity index (χ4v) is 1.93. The summed E-state index contributed by atoms with van der Waals surface area (Å²) in [5, 5.41) is 0. The van der Waals surface area contributed by atoms with Crippen LogP contribution in [0.4, 0.5) is 4.79 Å². The largest absolute Gasteiger partial charge is 0.444 e. The highest BCUT2D eigenvalue weighted by molar-refractivity contribution is 5.68. The van der Waals surface area contributed by atoms with Crippen molar-refractivity contribution in [2.24, 2.45) is 5.73 Å². The molecule has 1 atom stereocenters. The van der Waals surface area contributed by atoms with Gasteiger partial charge in [-0.15, -0.1) is 0 Å². The maximum atomic E-state index is 11.9. The van der Waals surface area contributed by atoms with E-state index in [-0.39, 0.29) is 11.6 Å². The normalized spacial score (nSPS) is 26.7. The topological polar surface area (TPSA) is 55.6 Å². The molecule has 1 amide bonds. The van der Waals surface area contributed by atoms with Crippen LogP contribution in [0.25, 0.3) is 0 Å². The van der Waals surface area contributed by atoms with Crippen molar-refractivity contribution in [1.29, 1.82) is 0 Å². The van der Waals surface area contributed by atoms with E-state index >= 15 is 0 Å². The number of nitrogens with two attached hydrogens (primary N) is 1. The van der Waals surface area contributed by atoms with E-state index in [0.717, 1.165) is 25.8 Å². The SMILES string of the molecule is CC[C@]1(N)CCCN(C(=O)OC(C)(C)C)C1. The highest BCUT2D eigenvalue weighted by Gasteiger charge is 2.33.